The summed E-state index contributed by atoms with van der Waals surface area (Å²) in [4.78, 5) is 23.5. The highest BCUT2D eigenvalue weighted by molar-refractivity contribution is 5.97. The summed E-state index contributed by atoms with van der Waals surface area (Å²) >= 11 is 0. The first kappa shape index (κ1) is 17.1. The molecule has 0 spiro atoms. The summed E-state index contributed by atoms with van der Waals surface area (Å²) in [6.07, 6.45) is 0.858. The first-order valence-corrected chi connectivity index (χ1v) is 7.05. The number of ether oxygens (including phenoxy) is 1. The molecule has 0 bridgehead atoms. The fourth-order valence-corrected chi connectivity index (χ4v) is 1.75. The Bertz CT molecular complexity index is 463. The second-order valence-electron chi connectivity index (χ2n) is 4.51. The van der Waals surface area contributed by atoms with Crippen LogP contribution in [-0.4, -0.2) is 45.2 Å². The first-order chi connectivity index (χ1) is 10.2. The van der Waals surface area contributed by atoms with Crippen LogP contribution in [0.15, 0.2) is 24.3 Å². The lowest BCUT2D eigenvalue weighted by atomic mass is 10.2. The quantitative estimate of drug-likeness (QED) is 0.594. The maximum atomic E-state index is 11.7. The minimum Gasteiger partial charge on any atom is -0.385 e. The van der Waals surface area contributed by atoms with Crippen molar-refractivity contribution in [1.82, 2.24) is 10.6 Å². The molecule has 1 rings (SSSR count). The highest BCUT2D eigenvalue weighted by atomic mass is 16.5. The molecule has 0 radical (unpaired) electrons. The first-order valence-electron chi connectivity index (χ1n) is 7.05. The minimum atomic E-state index is -0.147. The number of nitrogens with one attached hydrogen (secondary N) is 3. The van der Waals surface area contributed by atoms with E-state index in [9.17, 15) is 9.59 Å². The predicted octanol–water partition coefficient (Wildman–Crippen LogP) is 1.00. The van der Waals surface area contributed by atoms with E-state index < -0.39 is 0 Å². The average molecular weight is 293 g/mol. The van der Waals surface area contributed by atoms with Gasteiger partial charge in [-0.1, -0.05) is 6.07 Å². The molecule has 0 aliphatic rings. The molecule has 0 saturated carbocycles. The van der Waals surface area contributed by atoms with E-state index in [4.69, 9.17) is 4.74 Å². The van der Waals surface area contributed by atoms with Crippen molar-refractivity contribution in [3.05, 3.63) is 29.8 Å². The standard InChI is InChI=1S/C15H23N3O3/c1-3-17-15(20)12-6-4-7-13(10-12)18-14(19)11-16-8-5-9-21-2/h4,6-7,10,16H,3,5,8-9,11H2,1-2H3,(H,17,20)(H,18,19). The van der Waals surface area contributed by atoms with Crippen LogP contribution in [0.3, 0.4) is 0 Å². The zero-order valence-corrected chi connectivity index (χ0v) is 12.6. The number of benzene rings is 1. The second-order valence-corrected chi connectivity index (χ2v) is 4.51. The van der Waals surface area contributed by atoms with Gasteiger partial charge in [-0.25, -0.2) is 0 Å². The van der Waals surface area contributed by atoms with Crippen molar-refractivity contribution in [2.24, 2.45) is 0 Å². The molecular weight excluding hydrogens is 270 g/mol. The molecule has 0 heterocycles. The summed E-state index contributed by atoms with van der Waals surface area (Å²) in [7, 11) is 1.65. The molecule has 2 amide bonds. The second kappa shape index (κ2) is 9.90. The molecule has 6 nitrogen and oxygen atoms in total. The number of carbonyl (C=O) groups is 2. The van der Waals surface area contributed by atoms with Crippen LogP contribution in [0.2, 0.25) is 0 Å². The van der Waals surface area contributed by atoms with Gasteiger partial charge in [0.05, 0.1) is 6.54 Å². The third-order valence-electron chi connectivity index (χ3n) is 2.73. The fraction of sp³-hybridized carbons (Fsp3) is 0.467. The lowest BCUT2D eigenvalue weighted by Gasteiger charge is -2.08. The number of amides is 2. The summed E-state index contributed by atoms with van der Waals surface area (Å²) in [6.45, 7) is 4.05. The molecule has 0 atom stereocenters. The van der Waals surface area contributed by atoms with E-state index in [0.717, 1.165) is 13.0 Å². The van der Waals surface area contributed by atoms with Gasteiger partial charge in [-0.05, 0) is 38.1 Å². The molecule has 0 fully saturated rings. The molecule has 116 valence electrons. The predicted molar refractivity (Wildman–Crippen MR) is 82.4 cm³/mol. The zero-order valence-electron chi connectivity index (χ0n) is 12.6. The van der Waals surface area contributed by atoms with E-state index >= 15 is 0 Å². The summed E-state index contributed by atoms with van der Waals surface area (Å²) in [5.74, 6) is -0.285. The van der Waals surface area contributed by atoms with Crippen molar-refractivity contribution in [1.29, 1.82) is 0 Å². The number of rotatable bonds is 9. The van der Waals surface area contributed by atoms with Crippen LogP contribution < -0.4 is 16.0 Å². The van der Waals surface area contributed by atoms with E-state index in [-0.39, 0.29) is 18.4 Å². The van der Waals surface area contributed by atoms with Crippen molar-refractivity contribution in [3.8, 4) is 0 Å². The highest BCUT2D eigenvalue weighted by Crippen LogP contribution is 2.10. The summed E-state index contributed by atoms with van der Waals surface area (Å²) in [5.41, 5.74) is 1.14. The monoisotopic (exact) mass is 293 g/mol. The Kier molecular flexibility index (Phi) is 8.08. The van der Waals surface area contributed by atoms with Gasteiger partial charge >= 0.3 is 0 Å². The molecule has 0 unspecified atom stereocenters. The Morgan fingerprint density at radius 3 is 2.81 bits per heavy atom. The summed E-state index contributed by atoms with van der Waals surface area (Å²) in [5, 5.41) is 8.50. The van der Waals surface area contributed by atoms with Gasteiger partial charge in [-0.15, -0.1) is 0 Å². The topological polar surface area (TPSA) is 79.5 Å². The van der Waals surface area contributed by atoms with Gasteiger partial charge in [0.15, 0.2) is 0 Å². The van der Waals surface area contributed by atoms with Crippen molar-refractivity contribution < 1.29 is 14.3 Å². The van der Waals surface area contributed by atoms with Crippen LogP contribution in [0, 0.1) is 0 Å². The van der Waals surface area contributed by atoms with E-state index in [1.165, 1.54) is 0 Å². The molecule has 3 N–H and O–H groups in total. The van der Waals surface area contributed by atoms with Crippen molar-refractivity contribution >= 4 is 17.5 Å². The molecule has 1 aromatic carbocycles. The Hall–Kier alpha value is -1.92. The van der Waals surface area contributed by atoms with Gasteiger partial charge in [0, 0.05) is 31.5 Å². The summed E-state index contributed by atoms with van der Waals surface area (Å²) < 4.78 is 4.92. The molecule has 0 aromatic heterocycles. The van der Waals surface area contributed by atoms with Crippen LogP contribution in [0.25, 0.3) is 0 Å². The smallest absolute Gasteiger partial charge is 0.251 e. The van der Waals surface area contributed by atoms with Crippen LogP contribution in [0.1, 0.15) is 23.7 Å². The number of carbonyl (C=O) groups excluding carboxylic acids is 2. The van der Waals surface area contributed by atoms with Crippen molar-refractivity contribution in [3.63, 3.8) is 0 Å². The highest BCUT2D eigenvalue weighted by Gasteiger charge is 2.06. The largest absolute Gasteiger partial charge is 0.385 e. The van der Waals surface area contributed by atoms with E-state index in [0.29, 0.717) is 24.4 Å². The van der Waals surface area contributed by atoms with Gasteiger partial charge in [-0.3, -0.25) is 9.59 Å². The van der Waals surface area contributed by atoms with E-state index in [1.807, 2.05) is 6.92 Å². The molecule has 6 heteroatoms. The normalized spacial score (nSPS) is 10.2. The van der Waals surface area contributed by atoms with Gasteiger partial charge in [-0.2, -0.15) is 0 Å². The van der Waals surface area contributed by atoms with Crippen molar-refractivity contribution in [2.45, 2.75) is 13.3 Å². The van der Waals surface area contributed by atoms with Gasteiger partial charge in [0.25, 0.3) is 5.91 Å². The van der Waals surface area contributed by atoms with Crippen LogP contribution >= 0.6 is 0 Å². The Balaban J connectivity index is 2.41. The van der Waals surface area contributed by atoms with E-state index in [1.54, 1.807) is 31.4 Å². The SMILES string of the molecule is CCNC(=O)c1cccc(NC(=O)CNCCCOC)c1. The fourth-order valence-electron chi connectivity index (χ4n) is 1.75. The molecule has 0 aliphatic carbocycles. The molecule has 21 heavy (non-hydrogen) atoms. The maximum absolute atomic E-state index is 11.7. The average Bonchev–Trinajstić information content (AvgIpc) is 2.47. The summed E-state index contributed by atoms with van der Waals surface area (Å²) in [6, 6.07) is 6.87. The zero-order chi connectivity index (χ0) is 15.5. The van der Waals surface area contributed by atoms with Crippen LogP contribution in [-0.2, 0) is 9.53 Å². The molecular formula is C15H23N3O3. The Morgan fingerprint density at radius 2 is 2.10 bits per heavy atom. The van der Waals surface area contributed by atoms with Crippen molar-refractivity contribution in [2.75, 3.05) is 38.7 Å². The third kappa shape index (κ3) is 6.87. The lowest BCUT2D eigenvalue weighted by Crippen LogP contribution is -2.29. The van der Waals surface area contributed by atoms with Crippen LogP contribution in [0.4, 0.5) is 5.69 Å². The number of methoxy groups -OCH3 is 1. The van der Waals surface area contributed by atoms with Crippen LogP contribution in [0.5, 0.6) is 0 Å². The Labute approximate surface area is 125 Å². The Morgan fingerprint density at radius 1 is 1.29 bits per heavy atom. The number of hydrogen-bond acceptors (Lipinski definition) is 4. The lowest BCUT2D eigenvalue weighted by molar-refractivity contribution is -0.115. The van der Waals surface area contributed by atoms with E-state index in [2.05, 4.69) is 16.0 Å². The van der Waals surface area contributed by atoms with Gasteiger partial charge in [0.1, 0.15) is 0 Å². The molecule has 1 aromatic rings. The van der Waals surface area contributed by atoms with Gasteiger partial charge < -0.3 is 20.7 Å². The third-order valence-corrected chi connectivity index (χ3v) is 2.73. The minimum absolute atomic E-state index is 0.138. The number of hydrogen-bond donors (Lipinski definition) is 3. The number of anilines is 1. The maximum Gasteiger partial charge on any atom is 0.251 e. The molecule has 0 saturated heterocycles. The molecule has 0 aliphatic heterocycles. The van der Waals surface area contributed by atoms with Gasteiger partial charge in [0.2, 0.25) is 5.91 Å².